The van der Waals surface area contributed by atoms with Gasteiger partial charge in [0, 0.05) is 51.8 Å². The molecule has 1 aromatic heterocycles. The number of aromatic amines is 1. The fourth-order valence-electron chi connectivity index (χ4n) is 4.36. The Morgan fingerprint density at radius 2 is 1.60 bits per heavy atom. The van der Waals surface area contributed by atoms with Crippen molar-refractivity contribution in [2.24, 2.45) is 0 Å². The molecule has 186 valence electrons. The Kier molecular flexibility index (Phi) is 7.87. The van der Waals surface area contributed by atoms with Crippen LogP contribution in [-0.2, 0) is 17.9 Å². The topological polar surface area (TPSA) is 96.9 Å². The Labute approximate surface area is 203 Å². The minimum atomic E-state index is -0.547. The number of amides is 1. The van der Waals surface area contributed by atoms with E-state index in [2.05, 4.69) is 22.0 Å². The standard InChI is InChI=1S/C26H32N4O5/c1-3-34-22-16-20-21(17-23(22)35-4-2)27-26(33)30(25(20)32)11-10-24(31)29-14-12-28(13-15-29)18-19-8-6-5-7-9-19/h5-9,16-17H,3-4,10-15,18H2,1-2H3,(H,27,33). The highest BCUT2D eigenvalue weighted by molar-refractivity contribution is 5.81. The summed E-state index contributed by atoms with van der Waals surface area (Å²) in [5.74, 6) is 0.857. The zero-order valence-corrected chi connectivity index (χ0v) is 20.3. The van der Waals surface area contributed by atoms with Crippen LogP contribution in [0, 0.1) is 0 Å². The first kappa shape index (κ1) is 24.5. The molecule has 4 rings (SSSR count). The number of nitrogens with zero attached hydrogens (tertiary/aromatic N) is 3. The summed E-state index contributed by atoms with van der Waals surface area (Å²) in [5, 5.41) is 0.318. The maximum Gasteiger partial charge on any atom is 0.328 e. The quantitative estimate of drug-likeness (QED) is 0.505. The smallest absolute Gasteiger partial charge is 0.328 e. The Balaban J connectivity index is 1.42. The molecule has 0 saturated carbocycles. The van der Waals surface area contributed by atoms with Crippen LogP contribution in [0.15, 0.2) is 52.1 Å². The van der Waals surface area contributed by atoms with Crippen molar-refractivity contribution in [1.29, 1.82) is 0 Å². The number of ether oxygens (including phenoxy) is 2. The largest absolute Gasteiger partial charge is 0.490 e. The second-order valence-corrected chi connectivity index (χ2v) is 8.49. The van der Waals surface area contributed by atoms with Crippen LogP contribution in [0.1, 0.15) is 25.8 Å². The third kappa shape index (κ3) is 5.74. The number of carbonyl (C=O) groups excluding carboxylic acids is 1. The number of benzene rings is 2. The van der Waals surface area contributed by atoms with E-state index >= 15 is 0 Å². The number of hydrogen-bond acceptors (Lipinski definition) is 6. The zero-order chi connectivity index (χ0) is 24.8. The van der Waals surface area contributed by atoms with Crippen LogP contribution in [0.25, 0.3) is 10.9 Å². The van der Waals surface area contributed by atoms with Crippen LogP contribution in [0.4, 0.5) is 0 Å². The molecule has 1 fully saturated rings. The van der Waals surface area contributed by atoms with Crippen molar-refractivity contribution in [2.45, 2.75) is 33.4 Å². The van der Waals surface area contributed by atoms with Gasteiger partial charge in [-0.2, -0.15) is 0 Å². The number of rotatable bonds is 9. The lowest BCUT2D eigenvalue weighted by molar-refractivity contribution is -0.133. The highest BCUT2D eigenvalue weighted by Gasteiger charge is 2.22. The molecule has 0 atom stereocenters. The lowest BCUT2D eigenvalue weighted by Crippen LogP contribution is -2.48. The maximum atomic E-state index is 13.1. The van der Waals surface area contributed by atoms with Gasteiger partial charge in [0.15, 0.2) is 11.5 Å². The molecular weight excluding hydrogens is 448 g/mol. The third-order valence-electron chi connectivity index (χ3n) is 6.17. The molecule has 35 heavy (non-hydrogen) atoms. The number of aromatic nitrogens is 2. The van der Waals surface area contributed by atoms with Crippen molar-refractivity contribution in [1.82, 2.24) is 19.4 Å². The number of carbonyl (C=O) groups is 1. The summed E-state index contributed by atoms with van der Waals surface area (Å²) >= 11 is 0. The van der Waals surface area contributed by atoms with Crippen molar-refractivity contribution in [3.05, 3.63) is 68.9 Å². The lowest BCUT2D eigenvalue weighted by atomic mass is 10.2. The molecule has 0 unspecified atom stereocenters. The minimum absolute atomic E-state index is 0.0182. The maximum absolute atomic E-state index is 13.1. The molecule has 1 amide bonds. The van der Waals surface area contributed by atoms with Crippen LogP contribution in [-0.4, -0.2) is 64.7 Å². The molecule has 9 nitrogen and oxygen atoms in total. The second-order valence-electron chi connectivity index (χ2n) is 8.49. The van der Waals surface area contributed by atoms with Gasteiger partial charge in [-0.3, -0.25) is 19.1 Å². The van der Waals surface area contributed by atoms with E-state index in [9.17, 15) is 14.4 Å². The predicted octanol–water partition coefficient (Wildman–Crippen LogP) is 2.22. The molecule has 1 N–H and O–H groups in total. The van der Waals surface area contributed by atoms with Crippen molar-refractivity contribution in [3.8, 4) is 11.5 Å². The van der Waals surface area contributed by atoms with Gasteiger partial charge in [-0.05, 0) is 25.5 Å². The summed E-state index contributed by atoms with van der Waals surface area (Å²) in [6.07, 6.45) is 0.0858. The van der Waals surface area contributed by atoms with Gasteiger partial charge < -0.3 is 19.4 Å². The monoisotopic (exact) mass is 480 g/mol. The first-order chi connectivity index (χ1) is 17.0. The van der Waals surface area contributed by atoms with Gasteiger partial charge in [0.2, 0.25) is 5.91 Å². The van der Waals surface area contributed by atoms with Crippen LogP contribution in [0.5, 0.6) is 11.5 Å². The molecule has 1 saturated heterocycles. The van der Waals surface area contributed by atoms with Gasteiger partial charge in [-0.1, -0.05) is 30.3 Å². The van der Waals surface area contributed by atoms with Gasteiger partial charge in [0.05, 0.1) is 24.1 Å². The highest BCUT2D eigenvalue weighted by atomic mass is 16.5. The average Bonchev–Trinajstić information content (AvgIpc) is 2.86. The molecule has 1 aliphatic rings. The predicted molar refractivity (Wildman–Crippen MR) is 134 cm³/mol. The molecule has 3 aromatic rings. The molecule has 0 bridgehead atoms. The summed E-state index contributed by atoms with van der Waals surface area (Å²) in [6, 6.07) is 13.5. The number of piperazine rings is 1. The van der Waals surface area contributed by atoms with Crippen LogP contribution in [0.2, 0.25) is 0 Å². The summed E-state index contributed by atoms with van der Waals surface area (Å²) < 4.78 is 12.3. The Hall–Kier alpha value is -3.59. The van der Waals surface area contributed by atoms with Crippen LogP contribution < -0.4 is 20.7 Å². The summed E-state index contributed by atoms with van der Waals surface area (Å²) in [6.45, 7) is 8.26. The fraction of sp³-hybridized carbons (Fsp3) is 0.423. The van der Waals surface area contributed by atoms with Crippen molar-refractivity contribution >= 4 is 16.8 Å². The van der Waals surface area contributed by atoms with E-state index in [1.54, 1.807) is 12.1 Å². The Morgan fingerprint density at radius 1 is 0.943 bits per heavy atom. The molecule has 0 radical (unpaired) electrons. The average molecular weight is 481 g/mol. The molecule has 0 spiro atoms. The van der Waals surface area contributed by atoms with E-state index in [4.69, 9.17) is 9.47 Å². The fourth-order valence-corrected chi connectivity index (χ4v) is 4.36. The first-order valence-corrected chi connectivity index (χ1v) is 12.1. The van der Waals surface area contributed by atoms with Crippen LogP contribution in [0.3, 0.4) is 0 Å². The second kappa shape index (κ2) is 11.2. The summed E-state index contributed by atoms with van der Waals surface area (Å²) in [5.41, 5.74) is 0.634. The van der Waals surface area contributed by atoms with E-state index in [-0.39, 0.29) is 18.9 Å². The van der Waals surface area contributed by atoms with E-state index in [1.807, 2.05) is 36.9 Å². The SMILES string of the molecule is CCOc1cc2[nH]c(=O)n(CCC(=O)N3CCN(Cc4ccccc4)CC3)c(=O)c2cc1OCC. The summed E-state index contributed by atoms with van der Waals surface area (Å²) in [4.78, 5) is 45.4. The molecule has 0 aliphatic carbocycles. The van der Waals surface area contributed by atoms with Gasteiger partial charge >= 0.3 is 5.69 Å². The number of nitrogens with one attached hydrogen (secondary N) is 1. The third-order valence-corrected chi connectivity index (χ3v) is 6.17. The molecule has 2 heterocycles. The van der Waals surface area contributed by atoms with Crippen molar-refractivity contribution in [3.63, 3.8) is 0 Å². The van der Waals surface area contributed by atoms with E-state index in [1.165, 1.54) is 5.56 Å². The van der Waals surface area contributed by atoms with E-state index < -0.39 is 11.2 Å². The number of fused-ring (bicyclic) bond motifs is 1. The minimum Gasteiger partial charge on any atom is -0.490 e. The molecule has 2 aromatic carbocycles. The molecule has 1 aliphatic heterocycles. The summed E-state index contributed by atoms with van der Waals surface area (Å²) in [7, 11) is 0. The van der Waals surface area contributed by atoms with Gasteiger partial charge in [0.25, 0.3) is 5.56 Å². The van der Waals surface area contributed by atoms with Gasteiger partial charge in [0.1, 0.15) is 0 Å². The van der Waals surface area contributed by atoms with Gasteiger partial charge in [-0.15, -0.1) is 0 Å². The lowest BCUT2D eigenvalue weighted by Gasteiger charge is -2.34. The normalized spacial score (nSPS) is 14.3. The van der Waals surface area contributed by atoms with E-state index in [0.717, 1.165) is 24.2 Å². The molecule has 9 heteroatoms. The van der Waals surface area contributed by atoms with Crippen molar-refractivity contribution in [2.75, 3.05) is 39.4 Å². The Bertz CT molecular complexity index is 1280. The van der Waals surface area contributed by atoms with Gasteiger partial charge in [-0.25, -0.2) is 4.79 Å². The zero-order valence-electron chi connectivity index (χ0n) is 20.3. The molecular formula is C26H32N4O5. The van der Waals surface area contributed by atoms with E-state index in [0.29, 0.717) is 48.7 Å². The number of hydrogen-bond donors (Lipinski definition) is 1. The van der Waals surface area contributed by atoms with Crippen LogP contribution >= 0.6 is 0 Å². The Morgan fingerprint density at radius 3 is 2.26 bits per heavy atom. The van der Waals surface area contributed by atoms with Crippen molar-refractivity contribution < 1.29 is 14.3 Å². The number of H-pyrrole nitrogens is 1. The highest BCUT2D eigenvalue weighted by Crippen LogP contribution is 2.30. The first-order valence-electron chi connectivity index (χ1n) is 12.1.